The minimum Gasteiger partial charge on any atom is -0.478 e. The minimum absolute atomic E-state index is 0.0173. The van der Waals surface area contributed by atoms with Gasteiger partial charge in [-0.15, -0.1) is 0 Å². The Morgan fingerprint density at radius 1 is 1.19 bits per heavy atom. The van der Waals surface area contributed by atoms with Crippen molar-refractivity contribution in [3.05, 3.63) is 64.7 Å². The summed E-state index contributed by atoms with van der Waals surface area (Å²) in [6.45, 7) is 2.19. The quantitative estimate of drug-likeness (QED) is 0.218. The number of ether oxygens (including phenoxy) is 1. The highest BCUT2D eigenvalue weighted by molar-refractivity contribution is 7.22. The SMILES string of the molecule is CC1C(OCc2c(-c3ccccc3C(F)(F)F)noc2C2CC2)CC2CCC1N2c1nc2c(F)cc(C(=O)O)cc2s1. The Kier molecular flexibility index (Phi) is 6.54. The van der Waals surface area contributed by atoms with Gasteiger partial charge in [0, 0.05) is 35.0 Å². The average Bonchev–Trinajstić information content (AvgIpc) is 3.41. The normalized spacial score (nSPS) is 24.1. The summed E-state index contributed by atoms with van der Waals surface area (Å²) in [6.07, 6.45) is -0.414. The Labute approximate surface area is 242 Å². The molecule has 1 aliphatic carbocycles. The highest BCUT2D eigenvalue weighted by Crippen LogP contribution is 2.48. The van der Waals surface area contributed by atoms with Crippen LogP contribution in [0, 0.1) is 11.7 Å². The van der Waals surface area contributed by atoms with Crippen LogP contribution in [0.2, 0.25) is 0 Å². The van der Waals surface area contributed by atoms with Gasteiger partial charge >= 0.3 is 12.1 Å². The van der Waals surface area contributed by atoms with Crippen LogP contribution >= 0.6 is 11.3 Å². The van der Waals surface area contributed by atoms with Crippen LogP contribution in [0.15, 0.2) is 40.9 Å². The maximum atomic E-state index is 14.7. The number of hydrogen-bond donors (Lipinski definition) is 1. The van der Waals surface area contributed by atoms with Crippen LogP contribution < -0.4 is 4.90 Å². The highest BCUT2D eigenvalue weighted by atomic mass is 32.1. The van der Waals surface area contributed by atoms with E-state index in [0.29, 0.717) is 27.6 Å². The molecule has 1 saturated carbocycles. The molecule has 4 aromatic rings. The first-order valence-corrected chi connectivity index (χ1v) is 14.8. The topological polar surface area (TPSA) is 88.7 Å². The number of carbonyl (C=O) groups is 1. The van der Waals surface area contributed by atoms with E-state index in [0.717, 1.165) is 37.8 Å². The van der Waals surface area contributed by atoms with Crippen molar-refractivity contribution in [2.75, 3.05) is 4.90 Å². The number of anilines is 1. The van der Waals surface area contributed by atoms with E-state index in [9.17, 15) is 27.5 Å². The van der Waals surface area contributed by atoms with Crippen LogP contribution in [-0.4, -0.2) is 39.4 Å². The van der Waals surface area contributed by atoms with Crippen molar-refractivity contribution in [3.8, 4) is 11.3 Å². The lowest BCUT2D eigenvalue weighted by molar-refractivity contribution is -0.137. The van der Waals surface area contributed by atoms with Crippen molar-refractivity contribution < 1.29 is 36.7 Å². The maximum Gasteiger partial charge on any atom is 0.417 e. The van der Waals surface area contributed by atoms with Crippen LogP contribution in [-0.2, 0) is 17.5 Å². The van der Waals surface area contributed by atoms with Crippen LogP contribution in [0.4, 0.5) is 22.7 Å². The number of hydrogen-bond acceptors (Lipinski definition) is 7. The van der Waals surface area contributed by atoms with Gasteiger partial charge in [0.25, 0.3) is 0 Å². The zero-order chi connectivity index (χ0) is 29.3. The second-order valence-corrected chi connectivity index (χ2v) is 12.5. The van der Waals surface area contributed by atoms with Crippen molar-refractivity contribution in [3.63, 3.8) is 0 Å². The largest absolute Gasteiger partial charge is 0.478 e. The van der Waals surface area contributed by atoms with Crippen molar-refractivity contribution in [2.24, 2.45) is 5.92 Å². The summed E-state index contributed by atoms with van der Waals surface area (Å²) >= 11 is 1.28. The van der Waals surface area contributed by atoms with Gasteiger partial charge in [0.15, 0.2) is 10.9 Å². The van der Waals surface area contributed by atoms with E-state index in [1.165, 1.54) is 29.5 Å². The van der Waals surface area contributed by atoms with Crippen LogP contribution in [0.1, 0.15) is 72.2 Å². The number of rotatable bonds is 7. The minimum atomic E-state index is -4.54. The first-order chi connectivity index (χ1) is 20.1. The monoisotopic (exact) mass is 601 g/mol. The number of carboxylic acid groups (broad SMARTS) is 1. The molecule has 4 atom stereocenters. The molecule has 3 fully saturated rings. The Morgan fingerprint density at radius 3 is 2.71 bits per heavy atom. The van der Waals surface area contributed by atoms with Gasteiger partial charge in [-0.1, -0.05) is 41.6 Å². The number of piperidine rings is 1. The van der Waals surface area contributed by atoms with Crippen LogP contribution in [0.25, 0.3) is 21.5 Å². The molecule has 4 heterocycles. The third-order valence-electron chi connectivity index (χ3n) is 8.85. The van der Waals surface area contributed by atoms with Gasteiger partial charge in [0.1, 0.15) is 17.0 Å². The molecule has 2 aromatic carbocycles. The lowest BCUT2D eigenvalue weighted by Crippen LogP contribution is -2.51. The fourth-order valence-electron chi connectivity index (χ4n) is 6.59. The molecule has 0 radical (unpaired) electrons. The number of nitrogens with zero attached hydrogens (tertiary/aromatic N) is 3. The van der Waals surface area contributed by atoms with E-state index >= 15 is 0 Å². The number of fused-ring (bicyclic) bond motifs is 3. The maximum absolute atomic E-state index is 14.7. The summed E-state index contributed by atoms with van der Waals surface area (Å²) in [5.74, 6) is -1.05. The lowest BCUT2D eigenvalue weighted by Gasteiger charge is -2.43. The number of thiazole rings is 1. The Bertz CT molecular complexity index is 1680. The lowest BCUT2D eigenvalue weighted by atomic mass is 9.89. The summed E-state index contributed by atoms with van der Waals surface area (Å²) in [4.78, 5) is 18.2. The fraction of sp³-hybridized carbons (Fsp3) is 0.433. The van der Waals surface area contributed by atoms with Crippen molar-refractivity contribution in [1.82, 2.24) is 10.1 Å². The molecular weight excluding hydrogens is 574 g/mol. The van der Waals surface area contributed by atoms with Gasteiger partial charge in [-0.25, -0.2) is 14.2 Å². The predicted octanol–water partition coefficient (Wildman–Crippen LogP) is 7.65. The number of benzene rings is 2. The van der Waals surface area contributed by atoms with Gasteiger partial charge in [-0.2, -0.15) is 13.2 Å². The predicted molar refractivity (Wildman–Crippen MR) is 147 cm³/mol. The summed E-state index contributed by atoms with van der Waals surface area (Å²) < 4.78 is 68.8. The summed E-state index contributed by atoms with van der Waals surface area (Å²) in [6, 6.07) is 8.01. The third kappa shape index (κ3) is 4.64. The zero-order valence-electron chi connectivity index (χ0n) is 22.5. The molecular formula is C30H27F4N3O4S. The number of alkyl halides is 3. The van der Waals surface area contributed by atoms with Gasteiger partial charge in [0.05, 0.1) is 28.5 Å². The van der Waals surface area contributed by atoms with Crippen LogP contribution in [0.5, 0.6) is 0 Å². The standard InChI is InChI=1S/C30H27F4N3O4S/c1-14-22-9-8-17(37(22)29-35-26-21(31)10-16(28(38)39)11-24(26)42-29)12-23(14)40-13-19-25(36-41-27(19)15-6-7-15)18-4-2-3-5-20(18)30(32,33)34/h2-5,10-11,14-15,17,22-23H,6-9,12-13H2,1H3,(H,38,39). The smallest absolute Gasteiger partial charge is 0.417 e. The van der Waals surface area contributed by atoms with Gasteiger partial charge < -0.3 is 19.3 Å². The van der Waals surface area contributed by atoms with E-state index in [-0.39, 0.29) is 59.0 Å². The molecule has 220 valence electrons. The molecule has 7 rings (SSSR count). The molecule has 4 unspecified atom stereocenters. The van der Waals surface area contributed by atoms with E-state index in [1.807, 2.05) is 0 Å². The van der Waals surface area contributed by atoms with E-state index in [2.05, 4.69) is 22.0 Å². The molecule has 0 spiro atoms. The second-order valence-electron chi connectivity index (χ2n) is 11.4. The second kappa shape index (κ2) is 10.0. The molecule has 42 heavy (non-hydrogen) atoms. The molecule has 12 heteroatoms. The van der Waals surface area contributed by atoms with E-state index < -0.39 is 23.5 Å². The fourth-order valence-corrected chi connectivity index (χ4v) is 7.73. The number of halogens is 4. The number of carboxylic acids is 1. The first kappa shape index (κ1) is 27.3. The molecule has 0 amide bonds. The molecule has 2 aromatic heterocycles. The third-order valence-corrected chi connectivity index (χ3v) is 9.86. The number of aromatic carboxylic acids is 1. The molecule has 3 aliphatic rings. The molecule has 7 nitrogen and oxygen atoms in total. The molecule has 2 aliphatic heterocycles. The van der Waals surface area contributed by atoms with Crippen molar-refractivity contribution in [2.45, 2.75) is 75.9 Å². The Hall–Kier alpha value is -3.51. The van der Waals surface area contributed by atoms with E-state index in [1.54, 1.807) is 6.07 Å². The first-order valence-electron chi connectivity index (χ1n) is 14.0. The van der Waals surface area contributed by atoms with Gasteiger partial charge in [-0.3, -0.25) is 0 Å². The van der Waals surface area contributed by atoms with Gasteiger partial charge in [-0.05, 0) is 50.3 Å². The Balaban J connectivity index is 1.14. The van der Waals surface area contributed by atoms with E-state index in [4.69, 9.17) is 9.26 Å². The molecule has 1 N–H and O–H groups in total. The van der Waals surface area contributed by atoms with Gasteiger partial charge in [0.2, 0.25) is 0 Å². The average molecular weight is 602 g/mol. The highest BCUT2D eigenvalue weighted by Gasteiger charge is 2.47. The molecule has 2 saturated heterocycles. The number of aromatic nitrogens is 2. The summed E-state index contributed by atoms with van der Waals surface area (Å²) in [7, 11) is 0. The van der Waals surface area contributed by atoms with Crippen LogP contribution in [0.3, 0.4) is 0 Å². The summed E-state index contributed by atoms with van der Waals surface area (Å²) in [5.41, 5.74) is 0.0233. The zero-order valence-corrected chi connectivity index (χ0v) is 23.3. The van der Waals surface area contributed by atoms with Crippen molar-refractivity contribution >= 4 is 32.7 Å². The Morgan fingerprint density at radius 2 is 1.98 bits per heavy atom. The van der Waals surface area contributed by atoms with Crippen molar-refractivity contribution in [1.29, 1.82) is 0 Å². The summed E-state index contributed by atoms with van der Waals surface area (Å²) in [5, 5.41) is 14.1. The molecule has 2 bridgehead atoms.